The summed E-state index contributed by atoms with van der Waals surface area (Å²) in [6, 6.07) is 0. The Hall–Kier alpha value is -0.675. The third kappa shape index (κ3) is 1.98. The average molecular weight is 195 g/mol. The molecule has 1 aliphatic carbocycles. The molecule has 1 unspecified atom stereocenters. The van der Waals surface area contributed by atoms with Crippen LogP contribution in [-0.4, -0.2) is 19.6 Å². The molecule has 1 saturated carbocycles. The van der Waals surface area contributed by atoms with Crippen LogP contribution in [0.5, 0.6) is 0 Å². The summed E-state index contributed by atoms with van der Waals surface area (Å²) in [7, 11) is 0. The highest BCUT2D eigenvalue weighted by atomic mass is 19.4. The van der Waals surface area contributed by atoms with E-state index < -0.39 is 30.6 Å². The molecule has 0 saturated heterocycles. The molecule has 0 aliphatic heterocycles. The van der Waals surface area contributed by atoms with Gasteiger partial charge in [0, 0.05) is 5.92 Å². The minimum atomic E-state index is -4.89. The summed E-state index contributed by atoms with van der Waals surface area (Å²) < 4.78 is 41.1. The highest BCUT2D eigenvalue weighted by Crippen LogP contribution is 2.59. The van der Waals surface area contributed by atoms with Gasteiger partial charge in [-0.05, 0) is 6.92 Å². The van der Waals surface area contributed by atoms with Crippen LogP contribution in [0, 0.1) is 11.8 Å². The van der Waals surface area contributed by atoms with E-state index in [9.17, 15) is 17.7 Å². The second-order valence-electron chi connectivity index (χ2n) is 3.34. The van der Waals surface area contributed by atoms with E-state index in [0.29, 0.717) is 0 Å². The van der Waals surface area contributed by atoms with Crippen LogP contribution in [0.3, 0.4) is 0 Å². The van der Waals surface area contributed by atoms with Crippen molar-refractivity contribution in [3.63, 3.8) is 0 Å². The molecule has 2 nitrogen and oxygen atoms in total. The molecule has 0 heterocycles. The van der Waals surface area contributed by atoms with E-state index >= 15 is 0 Å². The first-order valence-corrected chi connectivity index (χ1v) is 4.26. The van der Waals surface area contributed by atoms with Gasteiger partial charge in [-0.3, -0.25) is 4.79 Å². The molecule has 6 heteroatoms. The van der Waals surface area contributed by atoms with E-state index in [1.807, 2.05) is 0 Å². The minimum absolute atomic E-state index is 0.139. The number of carbonyl (C=O) groups excluding carboxylic acids is 1. The van der Waals surface area contributed by atoms with Crippen LogP contribution >= 0.6 is 0 Å². The first kappa shape index (κ1) is 10.4. The van der Waals surface area contributed by atoms with Crippen LogP contribution in [0.15, 0.2) is 0 Å². The van der Waals surface area contributed by atoms with Gasteiger partial charge in [-0.1, -0.05) is 18.7 Å². The lowest BCUT2D eigenvalue weighted by molar-refractivity contribution is -0.145. The quantitative estimate of drug-likeness (QED) is 0.508. The largest absolute Gasteiger partial charge is 0.482 e. The molecule has 3 atom stereocenters. The standard InChI is InChI=1S/C7H11BF3O2/c1-3-13-7(12)5-4(2)6(5)8(9,10)11/h4-6H,3H2,1-2H3/q-1/t4?,5-,6-/m0/s1. The molecular formula is C7H11BF3O2-. The second kappa shape index (κ2) is 3.23. The van der Waals surface area contributed by atoms with Crippen LogP contribution in [-0.2, 0) is 9.53 Å². The molecule has 1 aliphatic rings. The maximum atomic E-state index is 12.2. The summed E-state index contributed by atoms with van der Waals surface area (Å²) >= 11 is 0. The smallest absolute Gasteiger partial charge is 0.466 e. The maximum absolute atomic E-state index is 12.2. The van der Waals surface area contributed by atoms with Crippen LogP contribution < -0.4 is 0 Å². The molecule has 0 N–H and O–H groups in total. The molecule has 0 aromatic carbocycles. The average Bonchev–Trinajstić information content (AvgIpc) is 2.60. The fourth-order valence-corrected chi connectivity index (χ4v) is 1.68. The summed E-state index contributed by atoms with van der Waals surface area (Å²) in [5.41, 5.74) is 0. The van der Waals surface area contributed by atoms with Crippen LogP contribution in [0.1, 0.15) is 13.8 Å². The summed E-state index contributed by atoms with van der Waals surface area (Å²) in [6.07, 6.45) is 0. The minimum Gasteiger partial charge on any atom is -0.466 e. The third-order valence-corrected chi connectivity index (χ3v) is 2.44. The molecule has 0 aromatic heterocycles. The van der Waals surface area contributed by atoms with E-state index in [4.69, 9.17) is 0 Å². The molecule has 1 fully saturated rings. The fraction of sp³-hybridized carbons (Fsp3) is 0.857. The number of hydrogen-bond donors (Lipinski definition) is 0. The highest BCUT2D eigenvalue weighted by Gasteiger charge is 2.61. The van der Waals surface area contributed by atoms with Crippen molar-refractivity contribution in [2.24, 2.45) is 11.8 Å². The third-order valence-electron chi connectivity index (χ3n) is 2.44. The van der Waals surface area contributed by atoms with Gasteiger partial charge in [0.15, 0.2) is 0 Å². The number of ether oxygens (including phenoxy) is 1. The van der Waals surface area contributed by atoms with E-state index in [1.165, 1.54) is 6.92 Å². The van der Waals surface area contributed by atoms with Gasteiger partial charge in [0.1, 0.15) is 0 Å². The van der Waals surface area contributed by atoms with Crippen molar-refractivity contribution in [3.05, 3.63) is 0 Å². The van der Waals surface area contributed by atoms with E-state index in [2.05, 4.69) is 4.74 Å². The number of hydrogen-bond acceptors (Lipinski definition) is 2. The Kier molecular flexibility index (Phi) is 2.59. The van der Waals surface area contributed by atoms with Crippen LogP contribution in [0.2, 0.25) is 5.82 Å². The van der Waals surface area contributed by atoms with Crippen molar-refractivity contribution in [2.45, 2.75) is 19.7 Å². The van der Waals surface area contributed by atoms with Gasteiger partial charge in [0.25, 0.3) is 0 Å². The highest BCUT2D eigenvalue weighted by molar-refractivity contribution is 6.62. The molecule has 1 rings (SSSR count). The molecule has 0 bridgehead atoms. The van der Waals surface area contributed by atoms with Gasteiger partial charge in [-0.15, -0.1) is 0 Å². The van der Waals surface area contributed by atoms with Crippen molar-refractivity contribution in [2.75, 3.05) is 6.61 Å². The topological polar surface area (TPSA) is 26.3 Å². The Morgan fingerprint density at radius 2 is 2.00 bits per heavy atom. The molecule has 13 heavy (non-hydrogen) atoms. The lowest BCUT2D eigenvalue weighted by Gasteiger charge is -2.12. The fourth-order valence-electron chi connectivity index (χ4n) is 1.68. The van der Waals surface area contributed by atoms with Crippen molar-refractivity contribution in [3.8, 4) is 0 Å². The molecule has 0 radical (unpaired) electrons. The summed E-state index contributed by atoms with van der Waals surface area (Å²) in [5, 5.41) is 0. The Labute approximate surface area is 74.5 Å². The predicted octanol–water partition coefficient (Wildman–Crippen LogP) is 2.03. The van der Waals surface area contributed by atoms with Gasteiger partial charge in [-0.25, -0.2) is 0 Å². The second-order valence-corrected chi connectivity index (χ2v) is 3.34. The maximum Gasteiger partial charge on any atom is 0.482 e. The molecule has 0 spiro atoms. The van der Waals surface area contributed by atoms with Gasteiger partial charge in [0.05, 0.1) is 6.61 Å². The first-order chi connectivity index (χ1) is 5.89. The summed E-state index contributed by atoms with van der Waals surface area (Å²) in [6.45, 7) is -1.73. The SMILES string of the molecule is CCOC(=O)[C@H]1C(C)[C@@H]1[B-](F)(F)F. The molecule has 76 valence electrons. The number of rotatable bonds is 3. The predicted molar refractivity (Wildman–Crippen MR) is 42.1 cm³/mol. The summed E-state index contributed by atoms with van der Waals surface area (Å²) in [4.78, 5) is 11.0. The van der Waals surface area contributed by atoms with Crippen LogP contribution in [0.25, 0.3) is 0 Å². The molecular weight excluding hydrogens is 184 g/mol. The Morgan fingerprint density at radius 3 is 2.31 bits per heavy atom. The number of carbonyl (C=O) groups is 1. The lowest BCUT2D eigenvalue weighted by Crippen LogP contribution is -2.19. The Bertz CT molecular complexity index is 216. The van der Waals surface area contributed by atoms with Gasteiger partial charge >= 0.3 is 12.9 Å². The summed E-state index contributed by atoms with van der Waals surface area (Å²) in [5.74, 6) is -3.68. The van der Waals surface area contributed by atoms with E-state index in [1.54, 1.807) is 6.92 Å². The number of halogens is 3. The zero-order valence-corrected chi connectivity index (χ0v) is 7.47. The van der Waals surface area contributed by atoms with Crippen molar-refractivity contribution in [1.82, 2.24) is 0 Å². The van der Waals surface area contributed by atoms with Crippen molar-refractivity contribution in [1.29, 1.82) is 0 Å². The van der Waals surface area contributed by atoms with Crippen molar-refractivity contribution < 1.29 is 22.5 Å². The van der Waals surface area contributed by atoms with Crippen molar-refractivity contribution >= 4 is 12.9 Å². The van der Waals surface area contributed by atoms with Gasteiger partial charge in [-0.2, -0.15) is 0 Å². The van der Waals surface area contributed by atoms with E-state index in [-0.39, 0.29) is 6.61 Å². The van der Waals surface area contributed by atoms with Gasteiger partial charge in [0.2, 0.25) is 0 Å². The number of esters is 1. The van der Waals surface area contributed by atoms with Crippen LogP contribution in [0.4, 0.5) is 12.9 Å². The Balaban J connectivity index is 2.53. The zero-order valence-electron chi connectivity index (χ0n) is 7.47. The van der Waals surface area contributed by atoms with Gasteiger partial charge < -0.3 is 17.7 Å². The Morgan fingerprint density at radius 1 is 1.46 bits per heavy atom. The molecule has 0 aromatic rings. The first-order valence-electron chi connectivity index (χ1n) is 4.26. The zero-order chi connectivity index (χ0) is 10.2. The molecule has 0 amide bonds. The van der Waals surface area contributed by atoms with E-state index in [0.717, 1.165) is 0 Å². The normalized spacial score (nSPS) is 32.8. The monoisotopic (exact) mass is 195 g/mol. The lowest BCUT2D eigenvalue weighted by atomic mass is 9.81.